The predicted molar refractivity (Wildman–Crippen MR) is 16.3 cm³/mol. The van der Waals surface area contributed by atoms with E-state index < -0.39 is 0 Å². The molecule has 0 N–H and O–H groups in total. The molecule has 0 rings (SSSR count). The first-order valence-electron chi connectivity index (χ1n) is 1.30. The summed E-state index contributed by atoms with van der Waals surface area (Å²) in [5.41, 5.74) is 0. The SMILES string of the molecule is C[CH-]C.[O]=[Fe+]. The zero-order valence-corrected chi connectivity index (χ0v) is 4.44. The molecule has 0 aliphatic heterocycles. The Balaban J connectivity index is 0. The molecule has 0 aliphatic rings. The fourth-order valence-corrected chi connectivity index (χ4v) is 0. The van der Waals surface area contributed by atoms with Gasteiger partial charge in [0.15, 0.2) is 0 Å². The van der Waals surface area contributed by atoms with Gasteiger partial charge >= 0.3 is 19.8 Å². The van der Waals surface area contributed by atoms with E-state index in [1.165, 1.54) is 0 Å². The summed E-state index contributed by atoms with van der Waals surface area (Å²) in [5, 5.41) is 0. The van der Waals surface area contributed by atoms with Gasteiger partial charge in [0.25, 0.3) is 0 Å². The Morgan fingerprint density at radius 1 is 1.40 bits per heavy atom. The summed E-state index contributed by atoms with van der Waals surface area (Å²) in [6.07, 6.45) is 2.00. The summed E-state index contributed by atoms with van der Waals surface area (Å²) in [6, 6.07) is 0. The first-order chi connectivity index (χ1) is 2.41. The molecule has 0 saturated heterocycles. The average Bonchev–Trinajstić information content (AvgIpc) is 1.46. The molecule has 0 amide bonds. The summed E-state index contributed by atoms with van der Waals surface area (Å²) < 4.78 is 8.00. The van der Waals surface area contributed by atoms with E-state index in [0.717, 1.165) is 0 Å². The van der Waals surface area contributed by atoms with Gasteiger partial charge in [0, 0.05) is 0 Å². The molecule has 2 heteroatoms. The van der Waals surface area contributed by atoms with Crippen LogP contribution in [0.3, 0.4) is 0 Å². The minimum atomic E-state index is 2.00. The summed E-state index contributed by atoms with van der Waals surface area (Å²) in [5.74, 6) is 0. The molecular formula is C3H7FeO. The van der Waals surface area contributed by atoms with Crippen LogP contribution in [0, 0.1) is 6.42 Å². The molecular weight excluding hydrogens is 108 g/mol. The second-order valence-electron chi connectivity index (χ2n) is 0.577. The van der Waals surface area contributed by atoms with Crippen LogP contribution in [0.25, 0.3) is 0 Å². The third-order valence-corrected chi connectivity index (χ3v) is 0. The van der Waals surface area contributed by atoms with Crippen LogP contribution in [0.1, 0.15) is 13.8 Å². The number of hydrogen-bond donors (Lipinski definition) is 0. The quantitative estimate of drug-likeness (QED) is 0.341. The summed E-state index contributed by atoms with van der Waals surface area (Å²) in [6.45, 7) is 4.00. The van der Waals surface area contributed by atoms with Gasteiger partial charge in [-0.05, 0) is 0 Å². The second kappa shape index (κ2) is 27.3. The zero-order chi connectivity index (χ0) is 4.71. The molecule has 0 aromatic rings. The topological polar surface area (TPSA) is 17.1 Å². The monoisotopic (exact) mass is 115 g/mol. The molecule has 5 heavy (non-hydrogen) atoms. The molecule has 0 unspecified atom stereocenters. The van der Waals surface area contributed by atoms with Gasteiger partial charge in [0.1, 0.15) is 0 Å². The predicted octanol–water partition coefficient (Wildman–Crippen LogP) is 1.11. The van der Waals surface area contributed by atoms with Crippen molar-refractivity contribution >= 4 is 0 Å². The van der Waals surface area contributed by atoms with Gasteiger partial charge in [-0.15, -0.1) is 0 Å². The van der Waals surface area contributed by atoms with E-state index >= 15 is 0 Å². The Kier molecular flexibility index (Phi) is 49.2. The zero-order valence-electron chi connectivity index (χ0n) is 3.34. The first kappa shape index (κ1) is 9.01. The summed E-state index contributed by atoms with van der Waals surface area (Å²) in [4.78, 5) is 0. The van der Waals surface area contributed by atoms with E-state index in [9.17, 15) is 0 Å². The van der Waals surface area contributed by atoms with E-state index in [1.807, 2.05) is 36.2 Å². The van der Waals surface area contributed by atoms with E-state index in [1.54, 1.807) is 0 Å². The van der Waals surface area contributed by atoms with Gasteiger partial charge in [-0.25, -0.2) is 0 Å². The van der Waals surface area contributed by atoms with Crippen LogP contribution >= 0.6 is 0 Å². The summed E-state index contributed by atoms with van der Waals surface area (Å²) in [7, 11) is 0. The molecule has 0 atom stereocenters. The number of rotatable bonds is 0. The van der Waals surface area contributed by atoms with Crippen molar-refractivity contribution in [3.8, 4) is 0 Å². The maximum absolute atomic E-state index is 8.00. The Morgan fingerprint density at radius 3 is 1.40 bits per heavy atom. The van der Waals surface area contributed by atoms with Crippen molar-refractivity contribution in [2.24, 2.45) is 0 Å². The van der Waals surface area contributed by atoms with Gasteiger partial charge in [-0.2, -0.15) is 13.8 Å². The van der Waals surface area contributed by atoms with Crippen LogP contribution in [-0.2, 0) is 19.8 Å². The first-order valence-corrected chi connectivity index (χ1v) is 1.75. The molecule has 0 aromatic heterocycles. The standard InChI is InChI=1S/C3H7.Fe.O/c1-3-2;;/h3H,1-2H3;;/q-1;+1;. The molecule has 0 heterocycles. The van der Waals surface area contributed by atoms with Gasteiger partial charge in [-0.3, -0.25) is 0 Å². The second-order valence-corrected chi connectivity index (χ2v) is 0.577. The Bertz CT molecular complexity index is 10.9. The van der Waals surface area contributed by atoms with Crippen molar-refractivity contribution in [2.75, 3.05) is 0 Å². The van der Waals surface area contributed by atoms with Crippen molar-refractivity contribution < 1.29 is 19.8 Å². The molecule has 0 bridgehead atoms. The van der Waals surface area contributed by atoms with Crippen LogP contribution in [-0.4, -0.2) is 0 Å². The maximum atomic E-state index is 8.00. The van der Waals surface area contributed by atoms with Crippen molar-refractivity contribution in [2.45, 2.75) is 13.8 Å². The normalized spacial score (nSPS) is 4.40. The third kappa shape index (κ3) is 228. The minimum absolute atomic E-state index is 2.00. The van der Waals surface area contributed by atoms with E-state index in [-0.39, 0.29) is 0 Å². The molecule has 0 saturated carbocycles. The number of hydrogen-bond acceptors (Lipinski definition) is 1. The fourth-order valence-electron chi connectivity index (χ4n) is 0. The Morgan fingerprint density at radius 2 is 1.40 bits per heavy atom. The molecule has 0 spiro atoms. The molecule has 0 aliphatic carbocycles. The molecule has 1 nitrogen and oxygen atoms in total. The van der Waals surface area contributed by atoms with Crippen LogP contribution < -0.4 is 0 Å². The van der Waals surface area contributed by atoms with Crippen molar-refractivity contribution in [1.29, 1.82) is 0 Å². The molecule has 33 valence electrons. The van der Waals surface area contributed by atoms with Crippen LogP contribution in [0.5, 0.6) is 0 Å². The average molecular weight is 115 g/mol. The van der Waals surface area contributed by atoms with E-state index in [2.05, 4.69) is 0 Å². The molecule has 0 radical (unpaired) electrons. The van der Waals surface area contributed by atoms with Crippen LogP contribution in [0.4, 0.5) is 0 Å². The molecule has 0 aromatic carbocycles. The Labute approximate surface area is 40.8 Å². The van der Waals surface area contributed by atoms with Gasteiger partial charge in [0.05, 0.1) is 0 Å². The van der Waals surface area contributed by atoms with Gasteiger partial charge in [0.2, 0.25) is 0 Å². The van der Waals surface area contributed by atoms with E-state index in [4.69, 9.17) is 3.83 Å². The van der Waals surface area contributed by atoms with E-state index in [0.29, 0.717) is 0 Å². The molecule has 0 fully saturated rings. The fraction of sp³-hybridized carbons (Fsp3) is 0.667. The van der Waals surface area contributed by atoms with Crippen LogP contribution in [0.2, 0.25) is 0 Å². The van der Waals surface area contributed by atoms with Crippen molar-refractivity contribution in [1.82, 2.24) is 0 Å². The Hall–Kier alpha value is 0.319. The summed E-state index contributed by atoms with van der Waals surface area (Å²) >= 11 is 2.00. The van der Waals surface area contributed by atoms with Gasteiger partial charge < -0.3 is 6.42 Å². The van der Waals surface area contributed by atoms with Crippen molar-refractivity contribution in [3.05, 3.63) is 6.42 Å². The van der Waals surface area contributed by atoms with Gasteiger partial charge in [-0.1, -0.05) is 0 Å². The third-order valence-electron chi connectivity index (χ3n) is 0. The van der Waals surface area contributed by atoms with Crippen LogP contribution in [0.15, 0.2) is 0 Å². The van der Waals surface area contributed by atoms with Crippen molar-refractivity contribution in [3.63, 3.8) is 0 Å².